The minimum absolute atomic E-state index is 0.465. The third-order valence-electron chi connectivity index (χ3n) is 3.05. The highest BCUT2D eigenvalue weighted by Gasteiger charge is 2.10. The molecule has 0 fully saturated rings. The van der Waals surface area contributed by atoms with Gasteiger partial charge in [-0.15, -0.1) is 11.3 Å². The Hall–Kier alpha value is 0.140. The predicted molar refractivity (Wildman–Crippen MR) is 81.8 cm³/mol. The first-order valence-electron chi connectivity index (χ1n) is 6.64. The Morgan fingerprint density at radius 1 is 1.24 bits per heavy atom. The maximum atomic E-state index is 3.68. The smallest absolute Gasteiger partial charge is 0.0701 e. The molecule has 98 valence electrons. The van der Waals surface area contributed by atoms with Gasteiger partial charge in [0.2, 0.25) is 0 Å². The van der Waals surface area contributed by atoms with Crippen molar-refractivity contribution in [2.45, 2.75) is 65.0 Å². The van der Waals surface area contributed by atoms with E-state index in [0.717, 1.165) is 0 Å². The lowest BCUT2D eigenvalue weighted by atomic mass is 10.1. The molecule has 0 aliphatic carbocycles. The number of rotatable bonds is 8. The number of nitrogens with one attached hydrogen (secondary N) is 1. The van der Waals surface area contributed by atoms with Crippen LogP contribution in [0.4, 0.5) is 0 Å². The second-order valence-corrected chi connectivity index (χ2v) is 7.28. The van der Waals surface area contributed by atoms with Gasteiger partial charge in [-0.1, -0.05) is 32.6 Å². The van der Waals surface area contributed by atoms with Gasteiger partial charge in [0.25, 0.3) is 0 Å². The highest BCUT2D eigenvalue weighted by atomic mass is 79.9. The summed E-state index contributed by atoms with van der Waals surface area (Å²) in [4.78, 5) is 1.41. The Balaban J connectivity index is 2.23. The first-order chi connectivity index (χ1) is 8.13. The Morgan fingerprint density at radius 3 is 2.59 bits per heavy atom. The molecule has 2 atom stereocenters. The van der Waals surface area contributed by atoms with Gasteiger partial charge in [0.15, 0.2) is 0 Å². The summed E-state index contributed by atoms with van der Waals surface area (Å²) in [6, 6.07) is 5.41. The van der Waals surface area contributed by atoms with Gasteiger partial charge in [-0.05, 0) is 48.3 Å². The minimum Gasteiger partial charge on any atom is -0.307 e. The molecule has 0 aliphatic rings. The van der Waals surface area contributed by atoms with E-state index < -0.39 is 0 Å². The fourth-order valence-corrected chi connectivity index (χ4v) is 3.47. The first kappa shape index (κ1) is 15.2. The van der Waals surface area contributed by atoms with Crippen molar-refractivity contribution >= 4 is 27.3 Å². The van der Waals surface area contributed by atoms with E-state index in [4.69, 9.17) is 0 Å². The molecule has 2 unspecified atom stereocenters. The fourth-order valence-electron chi connectivity index (χ4n) is 2.03. The highest BCUT2D eigenvalue weighted by molar-refractivity contribution is 9.11. The Kier molecular flexibility index (Phi) is 7.40. The third-order valence-corrected chi connectivity index (χ3v) is 4.85. The highest BCUT2D eigenvalue weighted by Crippen LogP contribution is 2.27. The average molecular weight is 318 g/mol. The van der Waals surface area contributed by atoms with Gasteiger partial charge in [0.05, 0.1) is 3.79 Å². The molecule has 1 N–H and O–H groups in total. The van der Waals surface area contributed by atoms with E-state index in [-0.39, 0.29) is 0 Å². The van der Waals surface area contributed by atoms with E-state index in [9.17, 15) is 0 Å². The summed E-state index contributed by atoms with van der Waals surface area (Å²) in [6.07, 6.45) is 6.71. The maximum Gasteiger partial charge on any atom is 0.0701 e. The zero-order chi connectivity index (χ0) is 12.7. The summed E-state index contributed by atoms with van der Waals surface area (Å²) in [5.74, 6) is 0. The quantitative estimate of drug-likeness (QED) is 0.622. The van der Waals surface area contributed by atoms with Crippen LogP contribution in [0.1, 0.15) is 63.8 Å². The molecule has 1 aromatic heterocycles. The van der Waals surface area contributed by atoms with Crippen molar-refractivity contribution in [2.24, 2.45) is 0 Å². The Morgan fingerprint density at radius 2 is 2.00 bits per heavy atom. The standard InChI is InChI=1S/C14H24BrNS/c1-4-5-6-7-8-11(2)16-12(3)13-9-10-14(15)17-13/h9-12,16H,4-8H2,1-3H3. The molecule has 0 saturated carbocycles. The van der Waals surface area contributed by atoms with Crippen molar-refractivity contribution in [3.63, 3.8) is 0 Å². The average Bonchev–Trinajstić information content (AvgIpc) is 2.71. The van der Waals surface area contributed by atoms with E-state index in [2.05, 4.69) is 54.2 Å². The van der Waals surface area contributed by atoms with E-state index in [1.165, 1.54) is 40.8 Å². The number of unbranched alkanes of at least 4 members (excludes halogenated alkanes) is 3. The number of halogens is 1. The summed E-state index contributed by atoms with van der Waals surface area (Å²) in [5.41, 5.74) is 0. The number of thiophene rings is 1. The van der Waals surface area contributed by atoms with Gasteiger partial charge < -0.3 is 5.32 Å². The van der Waals surface area contributed by atoms with Crippen LogP contribution in [0.2, 0.25) is 0 Å². The van der Waals surface area contributed by atoms with Gasteiger partial charge in [-0.25, -0.2) is 0 Å². The molecule has 1 rings (SSSR count). The zero-order valence-corrected chi connectivity index (χ0v) is 13.5. The molecule has 0 spiro atoms. The molecule has 1 heterocycles. The molecule has 17 heavy (non-hydrogen) atoms. The SMILES string of the molecule is CCCCCCC(C)NC(C)c1ccc(Br)s1. The van der Waals surface area contributed by atoms with Crippen molar-refractivity contribution in [1.29, 1.82) is 0 Å². The molecule has 0 saturated heterocycles. The summed E-state index contributed by atoms with van der Waals surface area (Å²) < 4.78 is 1.22. The summed E-state index contributed by atoms with van der Waals surface area (Å²) in [7, 11) is 0. The largest absolute Gasteiger partial charge is 0.307 e. The van der Waals surface area contributed by atoms with Crippen LogP contribution in [0.15, 0.2) is 15.9 Å². The van der Waals surface area contributed by atoms with Gasteiger partial charge in [-0.2, -0.15) is 0 Å². The lowest BCUT2D eigenvalue weighted by Gasteiger charge is -2.19. The van der Waals surface area contributed by atoms with Crippen LogP contribution >= 0.6 is 27.3 Å². The first-order valence-corrected chi connectivity index (χ1v) is 8.25. The molecule has 0 amide bonds. The molecule has 0 aliphatic heterocycles. The topological polar surface area (TPSA) is 12.0 Å². The van der Waals surface area contributed by atoms with Crippen LogP contribution in [0, 0.1) is 0 Å². The maximum absolute atomic E-state index is 3.68. The van der Waals surface area contributed by atoms with Crippen molar-refractivity contribution in [2.75, 3.05) is 0 Å². The van der Waals surface area contributed by atoms with Crippen molar-refractivity contribution < 1.29 is 0 Å². The number of hydrogen-bond donors (Lipinski definition) is 1. The molecule has 0 aromatic carbocycles. The lowest BCUT2D eigenvalue weighted by molar-refractivity contribution is 0.441. The van der Waals surface area contributed by atoms with Crippen molar-refractivity contribution in [3.8, 4) is 0 Å². The molecule has 0 bridgehead atoms. The van der Waals surface area contributed by atoms with Crippen molar-refractivity contribution in [3.05, 3.63) is 20.8 Å². The van der Waals surface area contributed by atoms with Crippen LogP contribution in [0.25, 0.3) is 0 Å². The minimum atomic E-state index is 0.465. The second kappa shape index (κ2) is 8.28. The molecular formula is C14H24BrNS. The lowest BCUT2D eigenvalue weighted by Crippen LogP contribution is -2.28. The van der Waals surface area contributed by atoms with Crippen molar-refractivity contribution in [1.82, 2.24) is 5.32 Å². The zero-order valence-electron chi connectivity index (χ0n) is 11.1. The van der Waals surface area contributed by atoms with Gasteiger partial charge in [-0.3, -0.25) is 0 Å². The van der Waals surface area contributed by atoms with Crippen LogP contribution in [0.5, 0.6) is 0 Å². The Labute approximate surface area is 118 Å². The summed E-state index contributed by atoms with van der Waals surface area (Å²) in [6.45, 7) is 6.81. The third kappa shape index (κ3) is 6.03. The van der Waals surface area contributed by atoms with Gasteiger partial charge in [0.1, 0.15) is 0 Å². The number of hydrogen-bond acceptors (Lipinski definition) is 2. The van der Waals surface area contributed by atoms with E-state index in [1.54, 1.807) is 0 Å². The Bertz CT molecular complexity index is 311. The predicted octanol–water partition coefficient (Wildman–Crippen LogP) is 5.52. The molecule has 3 heteroatoms. The van der Waals surface area contributed by atoms with Crippen LogP contribution in [-0.2, 0) is 0 Å². The molecular weight excluding hydrogens is 294 g/mol. The van der Waals surface area contributed by atoms with E-state index >= 15 is 0 Å². The van der Waals surface area contributed by atoms with E-state index in [0.29, 0.717) is 12.1 Å². The summed E-state index contributed by atoms with van der Waals surface area (Å²) in [5, 5.41) is 3.68. The van der Waals surface area contributed by atoms with Crippen LogP contribution < -0.4 is 5.32 Å². The van der Waals surface area contributed by atoms with Crippen LogP contribution in [-0.4, -0.2) is 6.04 Å². The molecule has 0 radical (unpaired) electrons. The fraction of sp³-hybridized carbons (Fsp3) is 0.714. The summed E-state index contributed by atoms with van der Waals surface area (Å²) >= 11 is 5.34. The normalized spacial score (nSPS) is 14.8. The van der Waals surface area contributed by atoms with Crippen LogP contribution in [0.3, 0.4) is 0 Å². The molecule has 1 aromatic rings. The van der Waals surface area contributed by atoms with Gasteiger partial charge in [0, 0.05) is 17.0 Å². The van der Waals surface area contributed by atoms with E-state index in [1.807, 2.05) is 11.3 Å². The second-order valence-electron chi connectivity index (χ2n) is 4.78. The monoisotopic (exact) mass is 317 g/mol. The molecule has 1 nitrogen and oxygen atoms in total. The van der Waals surface area contributed by atoms with Gasteiger partial charge >= 0.3 is 0 Å².